The molecule has 0 aliphatic carbocycles. The molecule has 0 aliphatic rings. The van der Waals surface area contributed by atoms with Crippen LogP contribution in [-0.4, -0.2) is 23.8 Å². The summed E-state index contributed by atoms with van der Waals surface area (Å²) in [7, 11) is 1.33. The van der Waals surface area contributed by atoms with Crippen molar-refractivity contribution in [2.24, 2.45) is 0 Å². The molecule has 0 bridgehead atoms. The van der Waals surface area contributed by atoms with Gasteiger partial charge in [0.1, 0.15) is 5.03 Å². The molecule has 0 amide bonds. The van der Waals surface area contributed by atoms with E-state index in [4.69, 9.17) is 5.73 Å². The van der Waals surface area contributed by atoms with Crippen molar-refractivity contribution in [2.45, 2.75) is 11.9 Å². The Bertz CT molecular complexity index is 342. The third-order valence-corrected chi connectivity index (χ3v) is 2.53. The van der Waals surface area contributed by atoms with Crippen molar-refractivity contribution >= 4 is 23.4 Å². The van der Waals surface area contributed by atoms with Gasteiger partial charge in [-0.25, -0.2) is 9.78 Å². The van der Waals surface area contributed by atoms with Gasteiger partial charge < -0.3 is 10.5 Å². The SMILES string of the molecule is CCSc1nccc(C(=O)OC)c1N. The van der Waals surface area contributed by atoms with Crippen molar-refractivity contribution in [2.75, 3.05) is 18.6 Å². The molecule has 1 heterocycles. The number of methoxy groups -OCH3 is 1. The molecule has 0 aliphatic heterocycles. The van der Waals surface area contributed by atoms with Gasteiger partial charge in [0.05, 0.1) is 18.4 Å². The number of pyridine rings is 1. The Hall–Kier alpha value is -1.23. The molecule has 0 unspecified atom stereocenters. The molecular formula is C9H12N2O2S. The number of rotatable bonds is 3. The zero-order chi connectivity index (χ0) is 10.6. The molecule has 1 aromatic rings. The Labute approximate surface area is 86.8 Å². The molecule has 0 fully saturated rings. The molecule has 0 radical (unpaired) electrons. The lowest BCUT2D eigenvalue weighted by molar-refractivity contribution is 0.0601. The number of nitrogen functional groups attached to an aromatic ring is 1. The van der Waals surface area contributed by atoms with Gasteiger partial charge in [0.2, 0.25) is 0 Å². The van der Waals surface area contributed by atoms with E-state index in [9.17, 15) is 4.79 Å². The van der Waals surface area contributed by atoms with Crippen LogP contribution in [0.15, 0.2) is 17.3 Å². The highest BCUT2D eigenvalue weighted by Gasteiger charge is 2.13. The summed E-state index contributed by atoms with van der Waals surface area (Å²) in [6.07, 6.45) is 1.56. The molecule has 0 saturated heterocycles. The largest absolute Gasteiger partial charge is 0.465 e. The molecule has 4 nitrogen and oxygen atoms in total. The highest BCUT2D eigenvalue weighted by atomic mass is 32.2. The first-order valence-electron chi connectivity index (χ1n) is 4.16. The quantitative estimate of drug-likeness (QED) is 0.608. The van der Waals surface area contributed by atoms with Crippen LogP contribution in [0.5, 0.6) is 0 Å². The third kappa shape index (κ3) is 2.17. The van der Waals surface area contributed by atoms with E-state index in [0.717, 1.165) is 5.75 Å². The summed E-state index contributed by atoms with van der Waals surface area (Å²) in [6.45, 7) is 2.00. The Morgan fingerprint density at radius 1 is 1.71 bits per heavy atom. The van der Waals surface area contributed by atoms with Gasteiger partial charge >= 0.3 is 5.97 Å². The number of nitrogens with zero attached hydrogens (tertiary/aromatic N) is 1. The first kappa shape index (κ1) is 10.8. The molecule has 1 rings (SSSR count). The van der Waals surface area contributed by atoms with Crippen molar-refractivity contribution in [1.82, 2.24) is 4.98 Å². The molecule has 5 heteroatoms. The molecule has 14 heavy (non-hydrogen) atoms. The van der Waals surface area contributed by atoms with Crippen LogP contribution in [0.1, 0.15) is 17.3 Å². The van der Waals surface area contributed by atoms with Crippen LogP contribution in [0.2, 0.25) is 0 Å². The minimum absolute atomic E-state index is 0.374. The smallest absolute Gasteiger partial charge is 0.340 e. The zero-order valence-electron chi connectivity index (χ0n) is 8.11. The van der Waals surface area contributed by atoms with Crippen LogP contribution < -0.4 is 5.73 Å². The summed E-state index contributed by atoms with van der Waals surface area (Å²) in [5, 5.41) is 0.676. The van der Waals surface area contributed by atoms with Crippen molar-refractivity contribution in [3.05, 3.63) is 17.8 Å². The van der Waals surface area contributed by atoms with Crippen LogP contribution in [0.4, 0.5) is 5.69 Å². The normalized spacial score (nSPS) is 9.86. The molecule has 76 valence electrons. The predicted octanol–water partition coefficient (Wildman–Crippen LogP) is 1.56. The van der Waals surface area contributed by atoms with E-state index in [1.54, 1.807) is 12.3 Å². The second-order valence-corrected chi connectivity index (χ2v) is 3.75. The molecular weight excluding hydrogens is 200 g/mol. The van der Waals surface area contributed by atoms with Gasteiger partial charge in [0.15, 0.2) is 0 Å². The van der Waals surface area contributed by atoms with E-state index < -0.39 is 5.97 Å². The van der Waals surface area contributed by atoms with Gasteiger partial charge in [-0.05, 0) is 11.8 Å². The lowest BCUT2D eigenvalue weighted by Crippen LogP contribution is -2.07. The van der Waals surface area contributed by atoms with Crippen LogP contribution in [0, 0.1) is 0 Å². The average Bonchev–Trinajstić information content (AvgIpc) is 2.20. The fraction of sp³-hybridized carbons (Fsp3) is 0.333. The van der Waals surface area contributed by atoms with Crippen LogP contribution >= 0.6 is 11.8 Å². The predicted molar refractivity (Wildman–Crippen MR) is 56.4 cm³/mol. The lowest BCUT2D eigenvalue weighted by Gasteiger charge is -2.06. The van der Waals surface area contributed by atoms with E-state index >= 15 is 0 Å². The number of nitrogens with two attached hydrogens (primary N) is 1. The molecule has 0 atom stereocenters. The van der Waals surface area contributed by atoms with Crippen molar-refractivity contribution in [3.8, 4) is 0 Å². The Morgan fingerprint density at radius 2 is 2.43 bits per heavy atom. The highest BCUT2D eigenvalue weighted by Crippen LogP contribution is 2.25. The van der Waals surface area contributed by atoms with Crippen molar-refractivity contribution in [3.63, 3.8) is 0 Å². The summed E-state index contributed by atoms with van der Waals surface area (Å²) in [6, 6.07) is 1.56. The number of esters is 1. The standard InChI is InChI=1S/C9H12N2O2S/c1-3-14-8-7(10)6(4-5-11-8)9(12)13-2/h4-5H,3,10H2,1-2H3. The highest BCUT2D eigenvalue weighted by molar-refractivity contribution is 7.99. The number of thioether (sulfide) groups is 1. The van der Waals surface area contributed by atoms with Gasteiger partial charge in [0.25, 0.3) is 0 Å². The van der Waals surface area contributed by atoms with Gasteiger partial charge in [-0.3, -0.25) is 0 Å². The first-order chi connectivity index (χ1) is 6.70. The zero-order valence-corrected chi connectivity index (χ0v) is 8.93. The molecule has 0 spiro atoms. The second kappa shape index (κ2) is 4.85. The van der Waals surface area contributed by atoms with Gasteiger partial charge in [-0.2, -0.15) is 0 Å². The van der Waals surface area contributed by atoms with Gasteiger partial charge in [-0.15, -0.1) is 11.8 Å². The fourth-order valence-electron chi connectivity index (χ4n) is 0.994. The molecule has 2 N–H and O–H groups in total. The Balaban J connectivity index is 3.07. The minimum atomic E-state index is -0.428. The number of ether oxygens (including phenoxy) is 1. The second-order valence-electron chi connectivity index (χ2n) is 2.50. The third-order valence-electron chi connectivity index (χ3n) is 1.64. The summed E-state index contributed by atoms with van der Waals surface area (Å²) < 4.78 is 4.59. The lowest BCUT2D eigenvalue weighted by atomic mass is 10.2. The van der Waals surface area contributed by atoms with Crippen LogP contribution in [-0.2, 0) is 4.74 Å². The van der Waals surface area contributed by atoms with E-state index in [2.05, 4.69) is 9.72 Å². The Kier molecular flexibility index (Phi) is 3.76. The molecule has 0 saturated carbocycles. The number of aromatic nitrogens is 1. The topological polar surface area (TPSA) is 65.2 Å². The van der Waals surface area contributed by atoms with Crippen molar-refractivity contribution < 1.29 is 9.53 Å². The Morgan fingerprint density at radius 3 is 3.00 bits per heavy atom. The van der Waals surface area contributed by atoms with E-state index in [1.807, 2.05) is 6.92 Å². The number of anilines is 1. The maximum absolute atomic E-state index is 11.3. The number of hydrogen-bond acceptors (Lipinski definition) is 5. The van der Waals surface area contributed by atoms with E-state index in [-0.39, 0.29) is 0 Å². The van der Waals surface area contributed by atoms with Crippen molar-refractivity contribution in [1.29, 1.82) is 0 Å². The summed E-state index contributed by atoms with van der Waals surface area (Å²) >= 11 is 1.50. The van der Waals surface area contributed by atoms with Crippen LogP contribution in [0.3, 0.4) is 0 Å². The van der Waals surface area contributed by atoms with Crippen LogP contribution in [0.25, 0.3) is 0 Å². The molecule has 0 aromatic carbocycles. The average molecular weight is 212 g/mol. The number of carbonyl (C=O) groups excluding carboxylic acids is 1. The fourth-order valence-corrected chi connectivity index (χ4v) is 1.67. The minimum Gasteiger partial charge on any atom is -0.465 e. The summed E-state index contributed by atoms with van der Waals surface area (Å²) in [4.78, 5) is 15.3. The van der Waals surface area contributed by atoms with Gasteiger partial charge in [0, 0.05) is 6.20 Å². The summed E-state index contributed by atoms with van der Waals surface area (Å²) in [5.41, 5.74) is 6.53. The maximum Gasteiger partial charge on any atom is 0.340 e. The first-order valence-corrected chi connectivity index (χ1v) is 5.14. The van der Waals surface area contributed by atoms with Gasteiger partial charge in [-0.1, -0.05) is 6.92 Å². The van der Waals surface area contributed by atoms with E-state index in [1.165, 1.54) is 18.9 Å². The number of hydrogen-bond donors (Lipinski definition) is 1. The maximum atomic E-state index is 11.3. The molecule has 1 aromatic heterocycles. The summed E-state index contributed by atoms with van der Waals surface area (Å²) in [5.74, 6) is 0.435. The number of carbonyl (C=O) groups is 1. The van der Waals surface area contributed by atoms with E-state index in [0.29, 0.717) is 16.3 Å². The monoisotopic (exact) mass is 212 g/mol.